The number of carbonyl (C=O) groups excluding carboxylic acids is 1. The zero-order valence-electron chi connectivity index (χ0n) is 12.0. The first-order valence-corrected chi connectivity index (χ1v) is 7.52. The number of piperidine rings is 1. The van der Waals surface area contributed by atoms with Crippen molar-refractivity contribution in [1.29, 1.82) is 0 Å². The molecule has 2 rings (SSSR count). The summed E-state index contributed by atoms with van der Waals surface area (Å²) in [6.07, 6.45) is 2.05. The van der Waals surface area contributed by atoms with Crippen molar-refractivity contribution in [3.8, 4) is 0 Å². The molecule has 1 N–H and O–H groups in total. The van der Waals surface area contributed by atoms with Crippen LogP contribution in [0.25, 0.3) is 0 Å². The van der Waals surface area contributed by atoms with E-state index >= 15 is 0 Å². The molecule has 0 spiro atoms. The van der Waals surface area contributed by atoms with Crippen LogP contribution in [-0.2, 0) is 11.3 Å². The first-order valence-electron chi connectivity index (χ1n) is 6.73. The van der Waals surface area contributed by atoms with E-state index in [0.29, 0.717) is 6.54 Å². The van der Waals surface area contributed by atoms with E-state index in [-0.39, 0.29) is 23.7 Å². The Morgan fingerprint density at radius 3 is 2.75 bits per heavy atom. The second-order valence-electron chi connectivity index (χ2n) is 5.59. The molecule has 1 atom stereocenters. The van der Waals surface area contributed by atoms with E-state index in [9.17, 15) is 4.79 Å². The van der Waals surface area contributed by atoms with Crippen LogP contribution in [0.15, 0.2) is 28.7 Å². The molecule has 112 valence electrons. The second-order valence-corrected chi connectivity index (χ2v) is 6.45. The Morgan fingerprint density at radius 1 is 1.45 bits per heavy atom. The van der Waals surface area contributed by atoms with Gasteiger partial charge in [0.15, 0.2) is 0 Å². The van der Waals surface area contributed by atoms with Gasteiger partial charge in [-0.25, -0.2) is 0 Å². The summed E-state index contributed by atoms with van der Waals surface area (Å²) in [7, 11) is 1.89. The van der Waals surface area contributed by atoms with E-state index in [1.165, 1.54) is 0 Å². The zero-order chi connectivity index (χ0) is 13.9. The fourth-order valence-electron chi connectivity index (χ4n) is 2.65. The summed E-state index contributed by atoms with van der Waals surface area (Å²) in [6, 6.07) is 8.05. The number of amides is 1. The van der Waals surface area contributed by atoms with Crippen LogP contribution in [0.4, 0.5) is 0 Å². The van der Waals surface area contributed by atoms with Gasteiger partial charge in [-0.1, -0.05) is 34.1 Å². The molecular weight excluding hydrogens is 340 g/mol. The van der Waals surface area contributed by atoms with Crippen LogP contribution < -0.4 is 5.32 Å². The highest BCUT2D eigenvalue weighted by molar-refractivity contribution is 9.10. The Bertz CT molecular complexity index is 461. The molecule has 1 saturated heterocycles. The minimum atomic E-state index is -0.256. The standard InChI is InChI=1S/C15H21BrN2O.ClH/c1-15(8-5-9-17-11-15)14(19)18(2)10-12-6-3-4-7-13(12)16;/h3-4,6-7,17H,5,8-11H2,1-2H3;1H. The van der Waals surface area contributed by atoms with Gasteiger partial charge in [0.25, 0.3) is 0 Å². The lowest BCUT2D eigenvalue weighted by Gasteiger charge is -2.36. The fraction of sp³-hybridized carbons (Fsp3) is 0.533. The summed E-state index contributed by atoms with van der Waals surface area (Å²) in [4.78, 5) is 14.4. The predicted molar refractivity (Wildman–Crippen MR) is 88.1 cm³/mol. The molecule has 1 aliphatic heterocycles. The number of hydrogen-bond donors (Lipinski definition) is 1. The molecule has 0 bridgehead atoms. The van der Waals surface area contributed by atoms with Gasteiger partial charge in [0.2, 0.25) is 5.91 Å². The molecule has 1 aromatic rings. The molecule has 1 aromatic carbocycles. The molecule has 5 heteroatoms. The van der Waals surface area contributed by atoms with Crippen molar-refractivity contribution in [3.63, 3.8) is 0 Å². The van der Waals surface area contributed by atoms with Crippen molar-refractivity contribution in [3.05, 3.63) is 34.3 Å². The number of nitrogens with zero attached hydrogens (tertiary/aromatic N) is 1. The van der Waals surface area contributed by atoms with Crippen molar-refractivity contribution in [2.24, 2.45) is 5.41 Å². The van der Waals surface area contributed by atoms with E-state index in [4.69, 9.17) is 0 Å². The van der Waals surface area contributed by atoms with Crippen molar-refractivity contribution >= 4 is 34.2 Å². The molecule has 0 radical (unpaired) electrons. The first-order chi connectivity index (χ1) is 9.03. The summed E-state index contributed by atoms with van der Waals surface area (Å²) in [6.45, 7) is 4.52. The first kappa shape index (κ1) is 17.5. The maximum atomic E-state index is 12.6. The topological polar surface area (TPSA) is 32.3 Å². The quantitative estimate of drug-likeness (QED) is 0.896. The Morgan fingerprint density at radius 2 is 2.15 bits per heavy atom. The summed E-state index contributed by atoms with van der Waals surface area (Å²) >= 11 is 3.53. The smallest absolute Gasteiger partial charge is 0.229 e. The van der Waals surface area contributed by atoms with Crippen LogP contribution >= 0.6 is 28.3 Å². The molecule has 0 saturated carbocycles. The average molecular weight is 362 g/mol. The van der Waals surface area contributed by atoms with E-state index in [2.05, 4.69) is 34.2 Å². The van der Waals surface area contributed by atoms with Crippen molar-refractivity contribution in [2.75, 3.05) is 20.1 Å². The highest BCUT2D eigenvalue weighted by Crippen LogP contribution is 2.28. The van der Waals surface area contributed by atoms with Crippen molar-refractivity contribution in [2.45, 2.75) is 26.3 Å². The summed E-state index contributed by atoms with van der Waals surface area (Å²) in [5, 5.41) is 3.33. The number of carbonyl (C=O) groups is 1. The lowest BCUT2D eigenvalue weighted by molar-refractivity contribution is -0.141. The van der Waals surface area contributed by atoms with Gasteiger partial charge >= 0.3 is 0 Å². The predicted octanol–water partition coefficient (Wildman–Crippen LogP) is 3.22. The van der Waals surface area contributed by atoms with Crippen molar-refractivity contribution < 1.29 is 4.79 Å². The van der Waals surface area contributed by atoms with Crippen LogP contribution in [0.3, 0.4) is 0 Å². The third-order valence-corrected chi connectivity index (χ3v) is 4.60. The zero-order valence-corrected chi connectivity index (χ0v) is 14.4. The van der Waals surface area contributed by atoms with Crippen LogP contribution in [-0.4, -0.2) is 30.9 Å². The molecular formula is C15H22BrClN2O. The molecule has 1 heterocycles. The van der Waals surface area contributed by atoms with E-state index < -0.39 is 0 Å². The molecule has 1 amide bonds. The fourth-order valence-corrected chi connectivity index (χ4v) is 3.06. The minimum absolute atomic E-state index is 0. The van der Waals surface area contributed by atoms with Gasteiger partial charge < -0.3 is 10.2 Å². The second kappa shape index (κ2) is 7.43. The van der Waals surface area contributed by atoms with Gasteiger partial charge in [-0.05, 0) is 37.9 Å². The van der Waals surface area contributed by atoms with Gasteiger partial charge in [0.05, 0.1) is 5.41 Å². The minimum Gasteiger partial charge on any atom is -0.341 e. The SMILES string of the molecule is CN(Cc1ccccc1Br)C(=O)C1(C)CCCNC1.Cl. The Kier molecular flexibility index (Phi) is 6.49. The number of halogens is 2. The number of rotatable bonds is 3. The molecule has 1 aliphatic rings. The Balaban J connectivity index is 0.00000200. The highest BCUT2D eigenvalue weighted by Gasteiger charge is 2.36. The van der Waals surface area contributed by atoms with E-state index in [1.807, 2.05) is 30.1 Å². The summed E-state index contributed by atoms with van der Waals surface area (Å²) < 4.78 is 1.06. The van der Waals surface area contributed by atoms with E-state index in [1.54, 1.807) is 0 Å². The number of benzene rings is 1. The molecule has 1 unspecified atom stereocenters. The third kappa shape index (κ3) is 3.96. The molecule has 0 aromatic heterocycles. The summed E-state index contributed by atoms with van der Waals surface area (Å²) in [5.41, 5.74) is 0.888. The monoisotopic (exact) mass is 360 g/mol. The van der Waals surface area contributed by atoms with Crippen LogP contribution in [0.5, 0.6) is 0 Å². The van der Waals surface area contributed by atoms with Gasteiger partial charge in [0.1, 0.15) is 0 Å². The maximum absolute atomic E-state index is 12.6. The van der Waals surface area contributed by atoms with Gasteiger partial charge in [-0.15, -0.1) is 12.4 Å². The van der Waals surface area contributed by atoms with Gasteiger partial charge in [-0.3, -0.25) is 4.79 Å². The van der Waals surface area contributed by atoms with Crippen LogP contribution in [0.2, 0.25) is 0 Å². The highest BCUT2D eigenvalue weighted by atomic mass is 79.9. The maximum Gasteiger partial charge on any atom is 0.229 e. The van der Waals surface area contributed by atoms with Crippen LogP contribution in [0, 0.1) is 5.41 Å². The van der Waals surface area contributed by atoms with E-state index in [0.717, 1.165) is 36.0 Å². The Labute approximate surface area is 135 Å². The number of hydrogen-bond acceptors (Lipinski definition) is 2. The van der Waals surface area contributed by atoms with Crippen LogP contribution in [0.1, 0.15) is 25.3 Å². The van der Waals surface area contributed by atoms with Gasteiger partial charge in [-0.2, -0.15) is 0 Å². The largest absolute Gasteiger partial charge is 0.341 e. The third-order valence-electron chi connectivity index (χ3n) is 3.83. The molecule has 1 fully saturated rings. The Hall–Kier alpha value is -0.580. The normalized spacial score (nSPS) is 21.9. The molecule has 20 heavy (non-hydrogen) atoms. The lowest BCUT2D eigenvalue weighted by Crippen LogP contribution is -2.48. The molecule has 0 aliphatic carbocycles. The number of nitrogens with one attached hydrogen (secondary N) is 1. The molecule has 3 nitrogen and oxygen atoms in total. The van der Waals surface area contributed by atoms with Gasteiger partial charge in [0, 0.05) is 24.6 Å². The lowest BCUT2D eigenvalue weighted by atomic mass is 9.81. The van der Waals surface area contributed by atoms with Crippen molar-refractivity contribution in [1.82, 2.24) is 10.2 Å². The summed E-state index contributed by atoms with van der Waals surface area (Å²) in [5.74, 6) is 0.232. The average Bonchev–Trinajstić information content (AvgIpc) is 2.41.